The van der Waals surface area contributed by atoms with Gasteiger partial charge in [-0.25, -0.2) is 12.8 Å². The molecule has 0 radical (unpaired) electrons. The summed E-state index contributed by atoms with van der Waals surface area (Å²) < 4.78 is 49.9. The molecular weight excluding hydrogens is 519 g/mol. The van der Waals surface area contributed by atoms with E-state index >= 15 is 0 Å². The molecule has 4 rings (SSSR count). The number of halogens is 1. The highest BCUT2D eigenvalue weighted by atomic mass is 32.2. The van der Waals surface area contributed by atoms with Gasteiger partial charge in [0, 0.05) is 25.8 Å². The van der Waals surface area contributed by atoms with Crippen LogP contribution in [0.2, 0.25) is 0 Å². The molecule has 0 N–H and O–H groups in total. The molecule has 0 bridgehead atoms. The SMILES string of the molecule is CCOC(=O)CC(CCc1cn(CC)nn1)c1ccc(CF)c(CN2CC(C)Cc3ccccc3S2(=O)=O)c1. The van der Waals surface area contributed by atoms with Gasteiger partial charge in [0.05, 0.1) is 23.6 Å². The molecular formula is C29H37FN4O4S. The number of aryl methyl sites for hydroxylation is 2. The normalized spacial score (nSPS) is 17.8. The fourth-order valence-electron chi connectivity index (χ4n) is 5.20. The minimum atomic E-state index is -3.76. The molecule has 0 fully saturated rings. The number of sulfonamides is 1. The number of esters is 1. The lowest BCUT2D eigenvalue weighted by Crippen LogP contribution is -2.33. The van der Waals surface area contributed by atoms with E-state index in [9.17, 15) is 17.6 Å². The van der Waals surface area contributed by atoms with Gasteiger partial charge in [0.15, 0.2) is 0 Å². The Kier molecular flexibility index (Phi) is 9.50. The van der Waals surface area contributed by atoms with Crippen LogP contribution in [0.1, 0.15) is 67.5 Å². The summed E-state index contributed by atoms with van der Waals surface area (Å²) >= 11 is 0. The largest absolute Gasteiger partial charge is 0.466 e. The molecule has 2 heterocycles. The van der Waals surface area contributed by atoms with Gasteiger partial charge >= 0.3 is 5.97 Å². The average Bonchev–Trinajstić information content (AvgIpc) is 3.35. The molecule has 8 nitrogen and oxygen atoms in total. The predicted octanol–water partition coefficient (Wildman–Crippen LogP) is 4.82. The fourth-order valence-corrected chi connectivity index (χ4v) is 6.97. The average molecular weight is 557 g/mol. The van der Waals surface area contributed by atoms with Crippen molar-refractivity contribution in [2.45, 2.75) is 77.0 Å². The number of hydrogen-bond donors (Lipinski definition) is 0. The number of ether oxygens (including phenoxy) is 1. The molecule has 3 aromatic rings. The van der Waals surface area contributed by atoms with Crippen LogP contribution in [0.3, 0.4) is 0 Å². The number of rotatable bonds is 11. The lowest BCUT2D eigenvalue weighted by molar-refractivity contribution is -0.143. The molecule has 1 aliphatic rings. The Morgan fingerprint density at radius 3 is 2.69 bits per heavy atom. The molecule has 0 saturated carbocycles. The van der Waals surface area contributed by atoms with Crippen molar-refractivity contribution in [3.63, 3.8) is 0 Å². The van der Waals surface area contributed by atoms with Crippen molar-refractivity contribution in [3.8, 4) is 0 Å². The zero-order valence-electron chi connectivity index (χ0n) is 22.8. The van der Waals surface area contributed by atoms with E-state index < -0.39 is 16.7 Å². The summed E-state index contributed by atoms with van der Waals surface area (Å²) in [6, 6.07) is 12.5. The summed E-state index contributed by atoms with van der Waals surface area (Å²) in [5.41, 5.74) is 3.53. The number of alkyl halides is 1. The first-order valence-corrected chi connectivity index (χ1v) is 15.0. The maximum absolute atomic E-state index is 14.1. The third-order valence-electron chi connectivity index (χ3n) is 7.24. The minimum absolute atomic E-state index is 0.0606. The van der Waals surface area contributed by atoms with E-state index in [2.05, 4.69) is 10.3 Å². The van der Waals surface area contributed by atoms with Crippen LogP contribution < -0.4 is 0 Å². The molecule has 1 aliphatic heterocycles. The molecule has 0 saturated heterocycles. The summed E-state index contributed by atoms with van der Waals surface area (Å²) in [5.74, 6) is -0.409. The minimum Gasteiger partial charge on any atom is -0.466 e. The van der Waals surface area contributed by atoms with E-state index in [1.165, 1.54) is 4.31 Å². The third kappa shape index (κ3) is 6.91. The monoisotopic (exact) mass is 556 g/mol. The summed E-state index contributed by atoms with van der Waals surface area (Å²) in [5, 5.41) is 8.31. The van der Waals surface area contributed by atoms with Gasteiger partial charge in [-0.2, -0.15) is 4.31 Å². The first-order valence-electron chi connectivity index (χ1n) is 13.5. The van der Waals surface area contributed by atoms with E-state index in [0.29, 0.717) is 41.8 Å². The number of nitrogens with zero attached hydrogens (tertiary/aromatic N) is 4. The first-order chi connectivity index (χ1) is 18.7. The van der Waals surface area contributed by atoms with Crippen LogP contribution in [0, 0.1) is 5.92 Å². The molecule has 2 atom stereocenters. The van der Waals surface area contributed by atoms with E-state index in [1.54, 1.807) is 29.8 Å². The van der Waals surface area contributed by atoms with Crippen LogP contribution in [0.5, 0.6) is 0 Å². The van der Waals surface area contributed by atoms with E-state index in [1.807, 2.05) is 44.3 Å². The van der Waals surface area contributed by atoms with Crippen LogP contribution >= 0.6 is 0 Å². The Balaban J connectivity index is 1.64. The standard InChI is InChI=1S/C29H37FN4O4S/c1-4-33-20-27(31-32-33)13-12-23(16-29(35)38-5-2)22-10-11-25(17-30)26(15-22)19-34-18-21(3)14-24-8-6-7-9-28(24)39(34,36)37/h6-11,15,20-21,23H,4-5,12-14,16-19H2,1-3H3. The van der Waals surface area contributed by atoms with Crippen LogP contribution in [0.25, 0.3) is 0 Å². The smallest absolute Gasteiger partial charge is 0.306 e. The highest BCUT2D eigenvalue weighted by molar-refractivity contribution is 7.89. The summed E-state index contributed by atoms with van der Waals surface area (Å²) in [6.45, 7) is 6.48. The van der Waals surface area contributed by atoms with Gasteiger partial charge in [-0.3, -0.25) is 9.48 Å². The van der Waals surface area contributed by atoms with E-state index in [0.717, 1.165) is 23.4 Å². The maximum atomic E-state index is 14.1. The zero-order valence-corrected chi connectivity index (χ0v) is 23.7. The van der Waals surface area contributed by atoms with Crippen molar-refractivity contribution in [2.24, 2.45) is 5.92 Å². The van der Waals surface area contributed by atoms with Crippen molar-refractivity contribution in [1.82, 2.24) is 19.3 Å². The Labute approximate surface area is 230 Å². The molecule has 0 amide bonds. The van der Waals surface area contributed by atoms with Crippen molar-refractivity contribution in [1.29, 1.82) is 0 Å². The summed E-state index contributed by atoms with van der Waals surface area (Å²) in [4.78, 5) is 12.8. The number of fused-ring (bicyclic) bond motifs is 1. The second-order valence-corrected chi connectivity index (χ2v) is 12.1. The summed E-state index contributed by atoms with van der Waals surface area (Å²) in [6.07, 6.45) is 3.94. The molecule has 0 spiro atoms. The number of aromatic nitrogens is 3. The first kappa shape index (κ1) is 28.9. The quantitative estimate of drug-likeness (QED) is 0.314. The van der Waals surface area contributed by atoms with Gasteiger partial charge in [-0.05, 0) is 73.3 Å². The van der Waals surface area contributed by atoms with E-state index in [4.69, 9.17) is 4.74 Å². The molecule has 10 heteroatoms. The van der Waals surface area contributed by atoms with Crippen molar-refractivity contribution >= 4 is 16.0 Å². The second-order valence-electron chi connectivity index (χ2n) is 10.2. The lowest BCUT2D eigenvalue weighted by Gasteiger charge is -2.24. The highest BCUT2D eigenvalue weighted by Crippen LogP contribution is 2.32. The molecule has 2 unspecified atom stereocenters. The van der Waals surface area contributed by atoms with Crippen molar-refractivity contribution in [3.05, 3.63) is 76.6 Å². The Morgan fingerprint density at radius 2 is 1.97 bits per heavy atom. The predicted molar refractivity (Wildman–Crippen MR) is 146 cm³/mol. The molecule has 39 heavy (non-hydrogen) atoms. The number of carbonyl (C=O) groups is 1. The Morgan fingerprint density at radius 1 is 1.18 bits per heavy atom. The maximum Gasteiger partial charge on any atom is 0.306 e. The van der Waals surface area contributed by atoms with Crippen LogP contribution in [-0.4, -0.2) is 46.8 Å². The molecule has 1 aromatic heterocycles. The van der Waals surface area contributed by atoms with Gasteiger partial charge in [-0.15, -0.1) is 5.10 Å². The lowest BCUT2D eigenvalue weighted by atomic mass is 9.88. The van der Waals surface area contributed by atoms with Gasteiger partial charge < -0.3 is 4.74 Å². The van der Waals surface area contributed by atoms with Crippen LogP contribution in [-0.2, 0) is 52.2 Å². The van der Waals surface area contributed by atoms with Gasteiger partial charge in [0.2, 0.25) is 10.0 Å². The zero-order chi connectivity index (χ0) is 28.0. The second kappa shape index (κ2) is 12.8. The van der Waals surface area contributed by atoms with Crippen molar-refractivity contribution < 1.29 is 22.3 Å². The van der Waals surface area contributed by atoms with Crippen LogP contribution in [0.4, 0.5) is 4.39 Å². The molecule has 0 aliphatic carbocycles. The Hall–Kier alpha value is -3.11. The molecule has 2 aromatic carbocycles. The van der Waals surface area contributed by atoms with Gasteiger partial charge in [-0.1, -0.05) is 48.5 Å². The fraction of sp³-hybridized carbons (Fsp3) is 0.483. The van der Waals surface area contributed by atoms with E-state index in [-0.39, 0.29) is 37.4 Å². The third-order valence-corrected chi connectivity index (χ3v) is 9.16. The topological polar surface area (TPSA) is 94.4 Å². The van der Waals surface area contributed by atoms with Gasteiger partial charge in [0.25, 0.3) is 0 Å². The van der Waals surface area contributed by atoms with Crippen LogP contribution in [0.15, 0.2) is 53.6 Å². The van der Waals surface area contributed by atoms with Crippen molar-refractivity contribution in [2.75, 3.05) is 13.2 Å². The highest BCUT2D eigenvalue weighted by Gasteiger charge is 2.32. The molecule has 210 valence electrons. The van der Waals surface area contributed by atoms with Gasteiger partial charge in [0.1, 0.15) is 6.67 Å². The Bertz CT molecular complexity index is 1390. The number of carbonyl (C=O) groups excluding carboxylic acids is 1. The summed E-state index contributed by atoms with van der Waals surface area (Å²) in [7, 11) is -3.76. The number of benzene rings is 2. The number of hydrogen-bond acceptors (Lipinski definition) is 6.